The van der Waals surface area contributed by atoms with Crippen molar-refractivity contribution in [3.8, 4) is 5.69 Å². The quantitative estimate of drug-likeness (QED) is 0.217. The molecule has 150 valence electrons. The largest absolute Gasteiger partial charge is 0.309 e. The molecule has 1 heterocycles. The number of para-hydroxylation sites is 2. The molecule has 0 saturated heterocycles. The lowest BCUT2D eigenvalue weighted by Crippen LogP contribution is -1.95. The Labute approximate surface area is 182 Å². The summed E-state index contributed by atoms with van der Waals surface area (Å²) < 4.78 is 2.33. The fraction of sp³-hybridized carbons (Fsp3) is 0.0690. The van der Waals surface area contributed by atoms with Gasteiger partial charge in [-0.05, 0) is 61.5 Å². The van der Waals surface area contributed by atoms with Gasteiger partial charge in [0.25, 0.3) is 0 Å². The molecule has 0 N–H and O–H groups in total. The molecule has 1 aromatic heterocycles. The van der Waals surface area contributed by atoms with Gasteiger partial charge < -0.3 is 4.57 Å². The number of hydrogen-bond acceptors (Lipinski definition) is 1. The van der Waals surface area contributed by atoms with E-state index in [9.17, 15) is 0 Å². The predicted molar refractivity (Wildman–Crippen MR) is 134 cm³/mol. The summed E-state index contributed by atoms with van der Waals surface area (Å²) in [7, 11) is 0. The number of aromatic nitrogens is 1. The number of rotatable bonds is 4. The number of allylic oxidation sites excluding steroid dienone is 1. The molecule has 2 nitrogen and oxygen atoms in total. The Kier molecular flexibility index (Phi) is 4.76. The maximum Gasteiger partial charge on any atom is 0.0729 e. The highest BCUT2D eigenvalue weighted by Gasteiger charge is 2.12. The van der Waals surface area contributed by atoms with E-state index in [1.807, 2.05) is 0 Å². The van der Waals surface area contributed by atoms with Crippen molar-refractivity contribution in [2.75, 3.05) is 0 Å². The molecule has 2 heteroatoms. The number of hydrogen-bond donors (Lipinski definition) is 0. The van der Waals surface area contributed by atoms with Crippen LogP contribution in [-0.2, 0) is 0 Å². The third-order valence-corrected chi connectivity index (χ3v) is 6.04. The molecule has 0 atom stereocenters. The fourth-order valence-electron chi connectivity index (χ4n) is 4.52. The normalized spacial score (nSPS) is 12.2. The van der Waals surface area contributed by atoms with E-state index in [-0.39, 0.29) is 0 Å². The topological polar surface area (TPSA) is 17.3 Å². The third kappa shape index (κ3) is 3.17. The van der Waals surface area contributed by atoms with Gasteiger partial charge in [0.1, 0.15) is 0 Å². The van der Waals surface area contributed by atoms with Crippen LogP contribution in [0.4, 0.5) is 0 Å². The second kappa shape index (κ2) is 7.73. The van der Waals surface area contributed by atoms with Crippen molar-refractivity contribution in [1.29, 1.82) is 0 Å². The van der Waals surface area contributed by atoms with E-state index in [0.717, 1.165) is 22.5 Å². The molecule has 0 saturated carbocycles. The van der Waals surface area contributed by atoms with Gasteiger partial charge in [-0.15, -0.1) is 0 Å². The predicted octanol–water partition coefficient (Wildman–Crippen LogP) is 7.68. The van der Waals surface area contributed by atoms with Crippen LogP contribution in [0.2, 0.25) is 0 Å². The second-order valence-electron chi connectivity index (χ2n) is 7.86. The van der Waals surface area contributed by atoms with E-state index in [0.29, 0.717) is 0 Å². The van der Waals surface area contributed by atoms with Crippen LogP contribution in [0, 0.1) is 6.92 Å². The van der Waals surface area contributed by atoms with Crippen LogP contribution < -0.4 is 0 Å². The Morgan fingerprint density at radius 1 is 0.710 bits per heavy atom. The van der Waals surface area contributed by atoms with E-state index in [4.69, 9.17) is 0 Å². The van der Waals surface area contributed by atoms with Crippen LogP contribution in [0.1, 0.15) is 23.6 Å². The highest BCUT2D eigenvalue weighted by Crippen LogP contribution is 2.33. The van der Waals surface area contributed by atoms with Crippen molar-refractivity contribution >= 4 is 39.8 Å². The van der Waals surface area contributed by atoms with Gasteiger partial charge in [-0.25, -0.2) is 0 Å². The van der Waals surface area contributed by atoms with Crippen molar-refractivity contribution in [2.24, 2.45) is 4.99 Å². The molecule has 4 aromatic carbocycles. The van der Waals surface area contributed by atoms with Crippen molar-refractivity contribution in [3.63, 3.8) is 0 Å². The van der Waals surface area contributed by atoms with E-state index >= 15 is 0 Å². The first-order valence-electron chi connectivity index (χ1n) is 10.5. The van der Waals surface area contributed by atoms with Crippen LogP contribution in [0.25, 0.3) is 38.8 Å². The van der Waals surface area contributed by atoms with E-state index in [1.54, 1.807) is 0 Å². The van der Waals surface area contributed by atoms with Crippen LogP contribution in [0.3, 0.4) is 0 Å². The minimum absolute atomic E-state index is 0.920. The number of nitrogens with zero attached hydrogens (tertiary/aromatic N) is 2. The minimum atomic E-state index is 0.920. The average Bonchev–Trinajstić information content (AvgIpc) is 3.15. The second-order valence-corrected chi connectivity index (χ2v) is 7.86. The number of fused-ring (bicyclic) bond motifs is 3. The van der Waals surface area contributed by atoms with Crippen LogP contribution in [-0.4, -0.2) is 11.3 Å². The number of benzene rings is 4. The molecule has 0 fully saturated rings. The molecule has 5 rings (SSSR count). The SMILES string of the molecule is C=N/C(=C(\C)c1ccccc1C)c1ccc(-n2c3ccccc3c3ccccc32)cc1. The highest BCUT2D eigenvalue weighted by molar-refractivity contribution is 6.09. The monoisotopic (exact) mass is 400 g/mol. The van der Waals surface area contributed by atoms with Crippen molar-refractivity contribution < 1.29 is 0 Å². The molecular weight excluding hydrogens is 376 g/mol. The first kappa shape index (κ1) is 19.1. The smallest absolute Gasteiger partial charge is 0.0729 e. The first-order chi connectivity index (χ1) is 15.2. The number of aliphatic imine (C=N–C) groups is 1. The van der Waals surface area contributed by atoms with Crippen LogP contribution >= 0.6 is 0 Å². The molecule has 0 spiro atoms. The molecule has 0 unspecified atom stereocenters. The Morgan fingerprint density at radius 3 is 1.84 bits per heavy atom. The summed E-state index contributed by atoms with van der Waals surface area (Å²) in [6.45, 7) is 8.10. The Morgan fingerprint density at radius 2 is 1.26 bits per heavy atom. The summed E-state index contributed by atoms with van der Waals surface area (Å²) in [5, 5.41) is 2.54. The molecule has 0 radical (unpaired) electrons. The van der Waals surface area contributed by atoms with E-state index in [1.165, 1.54) is 32.9 Å². The Hall–Kier alpha value is -3.91. The Balaban J connectivity index is 1.65. The maximum atomic E-state index is 4.39. The zero-order valence-electron chi connectivity index (χ0n) is 17.8. The lowest BCUT2D eigenvalue weighted by molar-refractivity contribution is 1.18. The summed E-state index contributed by atoms with van der Waals surface area (Å²) in [6.07, 6.45) is 0. The summed E-state index contributed by atoms with van der Waals surface area (Å²) >= 11 is 0. The first-order valence-corrected chi connectivity index (χ1v) is 10.5. The van der Waals surface area contributed by atoms with Crippen molar-refractivity contribution in [2.45, 2.75) is 13.8 Å². The lowest BCUT2D eigenvalue weighted by atomic mass is 9.97. The van der Waals surface area contributed by atoms with Gasteiger partial charge in [0.15, 0.2) is 0 Å². The molecule has 0 bridgehead atoms. The molecule has 31 heavy (non-hydrogen) atoms. The lowest BCUT2D eigenvalue weighted by Gasteiger charge is -2.13. The van der Waals surface area contributed by atoms with Gasteiger partial charge in [0.2, 0.25) is 0 Å². The minimum Gasteiger partial charge on any atom is -0.309 e. The maximum absolute atomic E-state index is 4.39. The molecule has 0 aliphatic heterocycles. The van der Waals surface area contributed by atoms with Crippen LogP contribution in [0.5, 0.6) is 0 Å². The summed E-state index contributed by atoms with van der Waals surface area (Å²) in [5.74, 6) is 0. The van der Waals surface area contributed by atoms with Gasteiger partial charge in [0, 0.05) is 22.0 Å². The molecule has 0 aliphatic rings. The molecule has 5 aromatic rings. The number of aryl methyl sites for hydroxylation is 1. The zero-order chi connectivity index (χ0) is 21.4. The van der Waals surface area contributed by atoms with Gasteiger partial charge in [-0.2, -0.15) is 0 Å². The van der Waals surface area contributed by atoms with E-state index < -0.39 is 0 Å². The molecule has 0 aliphatic carbocycles. The average molecular weight is 401 g/mol. The summed E-state index contributed by atoms with van der Waals surface area (Å²) in [5.41, 5.74) is 9.13. The van der Waals surface area contributed by atoms with Gasteiger partial charge in [0.05, 0.1) is 16.7 Å². The van der Waals surface area contributed by atoms with Crippen molar-refractivity contribution in [3.05, 3.63) is 114 Å². The van der Waals surface area contributed by atoms with Gasteiger partial charge in [-0.1, -0.05) is 72.8 Å². The van der Waals surface area contributed by atoms with Gasteiger partial charge in [-0.3, -0.25) is 4.99 Å². The van der Waals surface area contributed by atoms with Crippen molar-refractivity contribution in [1.82, 2.24) is 4.57 Å². The molecule has 0 amide bonds. The van der Waals surface area contributed by atoms with Gasteiger partial charge >= 0.3 is 0 Å². The van der Waals surface area contributed by atoms with E-state index in [2.05, 4.69) is 127 Å². The summed E-state index contributed by atoms with van der Waals surface area (Å²) in [6, 6.07) is 34.2. The fourth-order valence-corrected chi connectivity index (χ4v) is 4.52. The summed E-state index contributed by atoms with van der Waals surface area (Å²) in [4.78, 5) is 4.39. The molecular formula is C29H24N2. The zero-order valence-corrected chi connectivity index (χ0v) is 17.8. The highest BCUT2D eigenvalue weighted by atomic mass is 15.0. The Bertz CT molecular complexity index is 1400. The van der Waals surface area contributed by atoms with Crippen LogP contribution in [0.15, 0.2) is 102 Å². The third-order valence-electron chi connectivity index (χ3n) is 6.04. The standard InChI is InChI=1S/C29H24N2/c1-20-10-4-5-11-24(20)21(2)29(30-3)22-16-18-23(19-17-22)31-27-14-8-6-12-25(27)26-13-7-9-15-28(26)31/h4-19H,3H2,1-2H3/b29-21+.